The van der Waals surface area contributed by atoms with Crippen molar-refractivity contribution in [2.45, 2.75) is 41.1 Å². The molecule has 2 amide bonds. The average molecular weight is 397 g/mol. The predicted molar refractivity (Wildman–Crippen MR) is 106 cm³/mol. The molecule has 1 aromatic carbocycles. The first-order valence-corrected chi connectivity index (χ1v) is 10.5. The van der Waals surface area contributed by atoms with Crippen LogP contribution in [0.4, 0.5) is 11.4 Å². The van der Waals surface area contributed by atoms with Crippen LogP contribution in [0.3, 0.4) is 0 Å². The zero-order valence-electron chi connectivity index (χ0n) is 14.2. The van der Waals surface area contributed by atoms with Crippen molar-refractivity contribution in [2.75, 3.05) is 16.4 Å². The van der Waals surface area contributed by atoms with Crippen molar-refractivity contribution in [1.82, 2.24) is 10.2 Å². The lowest BCUT2D eigenvalue weighted by Gasteiger charge is -2.11. The molecule has 9 heteroatoms. The van der Waals surface area contributed by atoms with Crippen molar-refractivity contribution < 1.29 is 9.59 Å². The number of thioether (sulfide) groups is 2. The smallest absolute Gasteiger partial charge is 0.237 e. The molecular weight excluding hydrogens is 376 g/mol. The predicted octanol–water partition coefficient (Wildman–Crippen LogP) is 4.12. The molecule has 0 spiro atoms. The molecule has 0 unspecified atom stereocenters. The Hall–Kier alpha value is -1.58. The number of anilines is 2. The van der Waals surface area contributed by atoms with E-state index >= 15 is 0 Å². The quantitative estimate of drug-likeness (QED) is 0.653. The molecule has 2 rings (SSSR count). The van der Waals surface area contributed by atoms with E-state index in [2.05, 4.69) is 27.8 Å². The van der Waals surface area contributed by atoms with Crippen molar-refractivity contribution in [3.63, 3.8) is 0 Å². The van der Waals surface area contributed by atoms with Gasteiger partial charge < -0.3 is 10.6 Å². The highest BCUT2D eigenvalue weighted by Crippen LogP contribution is 2.31. The van der Waals surface area contributed by atoms with E-state index in [4.69, 9.17) is 0 Å². The second kappa shape index (κ2) is 9.79. The van der Waals surface area contributed by atoms with Crippen LogP contribution in [0.2, 0.25) is 0 Å². The maximum absolute atomic E-state index is 12.3. The van der Waals surface area contributed by atoms with Crippen molar-refractivity contribution in [1.29, 1.82) is 0 Å². The molecule has 2 aromatic rings. The van der Waals surface area contributed by atoms with Crippen molar-refractivity contribution in [2.24, 2.45) is 0 Å². The minimum absolute atomic E-state index is 0.102. The zero-order chi connectivity index (χ0) is 18.2. The van der Waals surface area contributed by atoms with Gasteiger partial charge in [-0.05, 0) is 37.6 Å². The SMILES string of the molecule is CCCSc1nnc(S[C@H](C)C(=O)Nc2ccc(NC(C)=O)cc2)s1. The van der Waals surface area contributed by atoms with Gasteiger partial charge in [-0.15, -0.1) is 10.2 Å². The summed E-state index contributed by atoms with van der Waals surface area (Å²) in [5.41, 5.74) is 1.38. The number of aromatic nitrogens is 2. The normalized spacial score (nSPS) is 11.8. The Labute approximate surface area is 159 Å². The van der Waals surface area contributed by atoms with Crippen LogP contribution in [0.5, 0.6) is 0 Å². The Morgan fingerprint density at radius 3 is 2.32 bits per heavy atom. The van der Waals surface area contributed by atoms with Gasteiger partial charge in [0, 0.05) is 24.1 Å². The number of nitrogens with zero attached hydrogens (tertiary/aromatic N) is 2. The Morgan fingerprint density at radius 2 is 1.72 bits per heavy atom. The van der Waals surface area contributed by atoms with Crippen LogP contribution >= 0.6 is 34.9 Å². The molecule has 0 saturated heterocycles. The van der Waals surface area contributed by atoms with Gasteiger partial charge in [0.1, 0.15) is 0 Å². The number of carbonyl (C=O) groups is 2. The summed E-state index contributed by atoms with van der Waals surface area (Å²) in [5.74, 6) is 0.787. The van der Waals surface area contributed by atoms with Crippen LogP contribution in [-0.2, 0) is 9.59 Å². The molecule has 1 atom stereocenters. The number of hydrogen-bond acceptors (Lipinski definition) is 7. The van der Waals surface area contributed by atoms with Gasteiger partial charge in [0.2, 0.25) is 11.8 Å². The number of hydrogen-bond donors (Lipinski definition) is 2. The molecule has 0 bridgehead atoms. The number of rotatable bonds is 8. The Bertz CT molecular complexity index is 718. The Morgan fingerprint density at radius 1 is 1.12 bits per heavy atom. The monoisotopic (exact) mass is 396 g/mol. The van der Waals surface area contributed by atoms with Gasteiger partial charge in [0.15, 0.2) is 8.68 Å². The maximum Gasteiger partial charge on any atom is 0.237 e. The summed E-state index contributed by atoms with van der Waals surface area (Å²) in [6.07, 6.45) is 1.09. The molecule has 0 fully saturated rings. The standard InChI is InChI=1S/C16H20N4O2S3/c1-4-9-23-15-19-20-16(25-15)24-10(2)14(22)18-13-7-5-12(6-8-13)17-11(3)21/h5-8,10H,4,9H2,1-3H3,(H,17,21)(H,18,22)/t10-/m1/s1. The molecule has 134 valence electrons. The van der Waals surface area contributed by atoms with Crippen LogP contribution < -0.4 is 10.6 Å². The van der Waals surface area contributed by atoms with Crippen LogP contribution in [0, 0.1) is 0 Å². The van der Waals surface area contributed by atoms with Gasteiger partial charge in [-0.1, -0.05) is 41.8 Å². The van der Waals surface area contributed by atoms with Crippen molar-refractivity contribution in [3.8, 4) is 0 Å². The molecule has 2 N–H and O–H groups in total. The molecule has 0 aliphatic carbocycles. The fraction of sp³-hybridized carbons (Fsp3) is 0.375. The van der Waals surface area contributed by atoms with Crippen LogP contribution in [0.25, 0.3) is 0 Å². The number of benzene rings is 1. The highest BCUT2D eigenvalue weighted by atomic mass is 32.2. The second-order valence-electron chi connectivity index (χ2n) is 5.19. The van der Waals surface area contributed by atoms with Crippen molar-refractivity contribution >= 4 is 58.0 Å². The lowest BCUT2D eigenvalue weighted by Crippen LogP contribution is -2.22. The third kappa shape index (κ3) is 6.68. The molecule has 6 nitrogen and oxygen atoms in total. The summed E-state index contributed by atoms with van der Waals surface area (Å²) in [6, 6.07) is 7.00. The molecule has 0 radical (unpaired) electrons. The summed E-state index contributed by atoms with van der Waals surface area (Å²) in [4.78, 5) is 23.3. The summed E-state index contributed by atoms with van der Waals surface area (Å²) >= 11 is 4.60. The summed E-state index contributed by atoms with van der Waals surface area (Å²) in [7, 11) is 0. The van der Waals surface area contributed by atoms with E-state index in [-0.39, 0.29) is 17.1 Å². The summed E-state index contributed by atoms with van der Waals surface area (Å²) in [5, 5.41) is 13.5. The first-order chi connectivity index (χ1) is 12.0. The molecule has 0 aliphatic rings. The van der Waals surface area contributed by atoms with Crippen LogP contribution in [-0.4, -0.2) is 33.0 Å². The van der Waals surface area contributed by atoms with E-state index < -0.39 is 0 Å². The Balaban J connectivity index is 1.87. The lowest BCUT2D eigenvalue weighted by atomic mass is 10.2. The number of nitrogens with one attached hydrogen (secondary N) is 2. The van der Waals surface area contributed by atoms with Gasteiger partial charge in [-0.25, -0.2) is 0 Å². The maximum atomic E-state index is 12.3. The zero-order valence-corrected chi connectivity index (χ0v) is 16.7. The van der Waals surface area contributed by atoms with Crippen LogP contribution in [0.15, 0.2) is 32.9 Å². The average Bonchev–Trinajstić information content (AvgIpc) is 3.01. The largest absolute Gasteiger partial charge is 0.326 e. The summed E-state index contributed by atoms with van der Waals surface area (Å²) in [6.45, 7) is 5.42. The highest BCUT2D eigenvalue weighted by Gasteiger charge is 2.17. The van der Waals surface area contributed by atoms with E-state index in [1.165, 1.54) is 30.0 Å². The van der Waals surface area contributed by atoms with E-state index in [1.807, 2.05) is 6.92 Å². The molecular formula is C16H20N4O2S3. The fourth-order valence-corrected chi connectivity index (χ4v) is 4.87. The van der Waals surface area contributed by atoms with Gasteiger partial charge in [-0.3, -0.25) is 9.59 Å². The fourth-order valence-electron chi connectivity index (χ4n) is 1.78. The van der Waals surface area contributed by atoms with Crippen molar-refractivity contribution in [3.05, 3.63) is 24.3 Å². The first-order valence-electron chi connectivity index (χ1n) is 7.79. The van der Waals surface area contributed by atoms with Gasteiger partial charge in [-0.2, -0.15) is 0 Å². The van der Waals surface area contributed by atoms with Gasteiger partial charge in [0.25, 0.3) is 0 Å². The first kappa shape index (κ1) is 19.7. The van der Waals surface area contributed by atoms with E-state index in [1.54, 1.807) is 36.0 Å². The minimum atomic E-state index is -0.285. The molecule has 0 saturated carbocycles. The summed E-state index contributed by atoms with van der Waals surface area (Å²) < 4.78 is 1.73. The molecule has 1 aromatic heterocycles. The topological polar surface area (TPSA) is 84.0 Å². The second-order valence-corrected chi connectivity index (χ2v) is 9.10. The molecule has 25 heavy (non-hydrogen) atoms. The lowest BCUT2D eigenvalue weighted by molar-refractivity contribution is -0.115. The Kier molecular flexibility index (Phi) is 7.73. The van der Waals surface area contributed by atoms with Crippen LogP contribution in [0.1, 0.15) is 27.2 Å². The molecule has 1 heterocycles. The van der Waals surface area contributed by atoms with E-state index in [9.17, 15) is 9.59 Å². The van der Waals surface area contributed by atoms with Gasteiger partial charge >= 0.3 is 0 Å². The highest BCUT2D eigenvalue weighted by molar-refractivity contribution is 8.03. The van der Waals surface area contributed by atoms with E-state index in [0.29, 0.717) is 11.4 Å². The third-order valence-corrected chi connectivity index (χ3v) is 6.38. The number of amides is 2. The van der Waals surface area contributed by atoms with E-state index in [0.717, 1.165) is 20.9 Å². The minimum Gasteiger partial charge on any atom is -0.326 e. The molecule has 0 aliphatic heterocycles. The van der Waals surface area contributed by atoms with Gasteiger partial charge in [0.05, 0.1) is 5.25 Å². The number of carbonyl (C=O) groups excluding carboxylic acids is 2. The third-order valence-electron chi connectivity index (χ3n) is 2.94.